The number of H-pyrrole nitrogens is 2. The number of hydrogen-bond donors (Lipinski definition) is 4. The van der Waals surface area contributed by atoms with Crippen LogP contribution in [0.25, 0.3) is 33.6 Å². The molecule has 2 aromatic heterocycles. The molecule has 6 heterocycles. The van der Waals surface area contributed by atoms with Crippen LogP contribution in [-0.2, 0) is 43.2 Å². The number of likely N-dealkylation sites (tertiary alicyclic amines) is 2. The van der Waals surface area contributed by atoms with Crippen molar-refractivity contribution in [1.82, 2.24) is 40.4 Å². The van der Waals surface area contributed by atoms with E-state index in [1.165, 1.54) is 19.8 Å². The number of benzene rings is 2. The first-order chi connectivity index (χ1) is 32.3. The standard InChI is InChI=1S/C51H64N8O8/c1-25(2)43(56-50(62)64-6)48(60)59-39-10-8-9-31(39)21-41(59)46-52-23-38(54-46)30-12-14-34-33(19-30)24-66-42-22-35-29(20-36(34)42)13-15-37-45(35)55-47(53-37)40-16-11-26(3)58(40)49(61)44(57-51(63)65-7)32-17-27(4)67-28(5)18-32/h12,14,19-20,22-23,25-28,31-32,39-41,43-44H,8-11,13,15-18,21,24H2,1-7H3,(H,52,54)(H,53,55)(H,56,62)(H,57,63)/t26-,27+,28+,31-,39-,40-,41-,43-,44-/m0/s1. The van der Waals surface area contributed by atoms with Gasteiger partial charge in [-0.2, -0.15) is 0 Å². The predicted octanol–water partition coefficient (Wildman–Crippen LogP) is 7.93. The van der Waals surface area contributed by atoms with Gasteiger partial charge in [-0.25, -0.2) is 19.6 Å². The minimum atomic E-state index is -0.740. The molecule has 16 nitrogen and oxygen atoms in total. The van der Waals surface area contributed by atoms with Gasteiger partial charge in [-0.1, -0.05) is 32.4 Å². The molecule has 4 aromatic rings. The number of nitrogens with one attached hydrogen (secondary N) is 4. The zero-order valence-corrected chi connectivity index (χ0v) is 39.6. The van der Waals surface area contributed by atoms with Gasteiger partial charge in [-0.05, 0) is 137 Å². The first-order valence-electron chi connectivity index (χ1n) is 24.4. The molecule has 4 fully saturated rings. The molecule has 2 aliphatic carbocycles. The highest BCUT2D eigenvalue weighted by atomic mass is 16.5. The fraction of sp³-hybridized carbons (Fsp3) is 0.569. The average molecular weight is 917 g/mol. The Morgan fingerprint density at radius 3 is 2.33 bits per heavy atom. The SMILES string of the molecule is COC(=O)N[C@H](C(=O)N1[C@H](c2ncc(-c3ccc4c(c3)COc3cc5c(cc3-4)CCc3[nH]c([C@@H]4CC[C@H](C)N4C(=O)[C@@H](NC(=O)OC)C4C[C@@H](C)O[C@H](C)C4)nc3-5)[nH]2)C[C@@H]2CCC[C@@H]21)C(C)C. The van der Waals surface area contributed by atoms with E-state index in [4.69, 9.17) is 28.9 Å². The van der Waals surface area contributed by atoms with Gasteiger partial charge in [-0.3, -0.25) is 9.59 Å². The molecule has 4 aliphatic heterocycles. The Labute approximate surface area is 391 Å². The lowest BCUT2D eigenvalue weighted by Gasteiger charge is -2.39. The van der Waals surface area contributed by atoms with Gasteiger partial charge in [0.1, 0.15) is 36.1 Å². The smallest absolute Gasteiger partial charge is 0.407 e. The number of nitrogens with zero attached hydrogens (tertiary/aromatic N) is 4. The highest BCUT2D eigenvalue weighted by molar-refractivity contribution is 5.88. The molecular formula is C51H64N8O8. The summed E-state index contributed by atoms with van der Waals surface area (Å²) in [6.07, 6.45) is 9.04. The van der Waals surface area contributed by atoms with E-state index in [1.807, 2.05) is 43.7 Å². The number of alkyl carbamates (subject to hydrolysis) is 2. The summed E-state index contributed by atoms with van der Waals surface area (Å²) in [4.78, 5) is 75.1. The molecule has 0 bridgehead atoms. The number of methoxy groups -OCH3 is 2. The number of fused-ring (bicyclic) bond motifs is 7. The number of carbonyl (C=O) groups excluding carboxylic acids is 4. The number of aromatic nitrogens is 4. The predicted molar refractivity (Wildman–Crippen MR) is 249 cm³/mol. The number of hydrogen-bond acceptors (Lipinski definition) is 10. The van der Waals surface area contributed by atoms with Gasteiger partial charge in [0.15, 0.2) is 0 Å². The highest BCUT2D eigenvalue weighted by Crippen LogP contribution is 2.49. The summed E-state index contributed by atoms with van der Waals surface area (Å²) in [5.74, 6) is 2.31. The van der Waals surface area contributed by atoms with Gasteiger partial charge in [0, 0.05) is 28.9 Å². The molecule has 4 amide bonds. The number of ether oxygens (including phenoxy) is 4. The van der Waals surface area contributed by atoms with E-state index in [1.54, 1.807) is 0 Å². The van der Waals surface area contributed by atoms with E-state index < -0.39 is 24.3 Å². The molecule has 0 spiro atoms. The van der Waals surface area contributed by atoms with Crippen LogP contribution in [0.15, 0.2) is 36.5 Å². The Morgan fingerprint density at radius 1 is 0.791 bits per heavy atom. The summed E-state index contributed by atoms with van der Waals surface area (Å²) in [6.45, 7) is 10.4. The molecule has 1 saturated carbocycles. The van der Waals surface area contributed by atoms with Crippen molar-refractivity contribution in [1.29, 1.82) is 0 Å². The Kier molecular flexibility index (Phi) is 12.0. The quantitative estimate of drug-likeness (QED) is 0.128. The maximum Gasteiger partial charge on any atom is 0.407 e. The normalized spacial score (nSPS) is 26.9. The van der Waals surface area contributed by atoms with E-state index in [0.717, 1.165) is 114 Å². The van der Waals surface area contributed by atoms with Crippen LogP contribution in [-0.4, -0.2) is 104 Å². The van der Waals surface area contributed by atoms with Crippen molar-refractivity contribution >= 4 is 24.0 Å². The first-order valence-corrected chi connectivity index (χ1v) is 24.4. The van der Waals surface area contributed by atoms with Gasteiger partial charge < -0.3 is 49.3 Å². The number of aromatic amines is 2. The minimum Gasteiger partial charge on any atom is -0.488 e. The topological polar surface area (TPSA) is 193 Å². The molecule has 2 aromatic carbocycles. The molecule has 9 atom stereocenters. The lowest BCUT2D eigenvalue weighted by molar-refractivity contribution is -0.140. The van der Waals surface area contributed by atoms with Crippen molar-refractivity contribution in [3.8, 4) is 39.4 Å². The van der Waals surface area contributed by atoms with Crippen molar-refractivity contribution in [2.24, 2.45) is 17.8 Å². The minimum absolute atomic E-state index is 0.0262. The van der Waals surface area contributed by atoms with Crippen molar-refractivity contribution < 1.29 is 38.1 Å². The summed E-state index contributed by atoms with van der Waals surface area (Å²) in [6, 6.07) is 8.99. The van der Waals surface area contributed by atoms with Crippen molar-refractivity contribution in [3.63, 3.8) is 0 Å². The molecule has 3 saturated heterocycles. The van der Waals surface area contributed by atoms with E-state index in [9.17, 15) is 19.2 Å². The fourth-order valence-electron chi connectivity index (χ4n) is 12.4. The van der Waals surface area contributed by atoms with Gasteiger partial charge in [0.05, 0.1) is 56.1 Å². The van der Waals surface area contributed by atoms with Crippen LogP contribution in [0.3, 0.4) is 0 Å². The molecule has 356 valence electrons. The summed E-state index contributed by atoms with van der Waals surface area (Å²) >= 11 is 0. The van der Waals surface area contributed by atoms with E-state index in [0.29, 0.717) is 25.4 Å². The zero-order valence-electron chi connectivity index (χ0n) is 39.6. The second-order valence-electron chi connectivity index (χ2n) is 20.2. The molecule has 0 unspecified atom stereocenters. The van der Waals surface area contributed by atoms with E-state index >= 15 is 0 Å². The maximum absolute atomic E-state index is 14.6. The number of amides is 4. The third kappa shape index (κ3) is 8.22. The maximum atomic E-state index is 14.6. The van der Waals surface area contributed by atoms with Crippen LogP contribution in [0.4, 0.5) is 9.59 Å². The molecule has 16 heteroatoms. The van der Waals surface area contributed by atoms with E-state index in [-0.39, 0.29) is 60.0 Å². The van der Waals surface area contributed by atoms with Crippen LogP contribution in [0.1, 0.15) is 127 Å². The van der Waals surface area contributed by atoms with Gasteiger partial charge in [0.25, 0.3) is 0 Å². The largest absolute Gasteiger partial charge is 0.488 e. The fourth-order valence-corrected chi connectivity index (χ4v) is 12.4. The summed E-state index contributed by atoms with van der Waals surface area (Å²) in [5.41, 5.74) is 9.28. The number of rotatable bonds is 9. The zero-order chi connectivity index (χ0) is 46.8. The van der Waals surface area contributed by atoms with Crippen LogP contribution in [0.5, 0.6) is 5.75 Å². The molecule has 0 radical (unpaired) electrons. The Balaban J connectivity index is 0.887. The van der Waals surface area contributed by atoms with Crippen LogP contribution >= 0.6 is 0 Å². The molecule has 10 rings (SSSR count). The first kappa shape index (κ1) is 44.9. The van der Waals surface area contributed by atoms with Gasteiger partial charge in [0.2, 0.25) is 11.8 Å². The lowest BCUT2D eigenvalue weighted by Crippen LogP contribution is -2.55. The summed E-state index contributed by atoms with van der Waals surface area (Å²) in [5, 5.41) is 5.70. The molecule has 67 heavy (non-hydrogen) atoms. The average Bonchev–Trinajstić information content (AvgIpc) is 4.17. The van der Waals surface area contributed by atoms with Crippen LogP contribution < -0.4 is 15.4 Å². The Morgan fingerprint density at radius 2 is 1.57 bits per heavy atom. The second kappa shape index (κ2) is 18.0. The molecule has 6 aliphatic rings. The lowest BCUT2D eigenvalue weighted by atomic mass is 9.85. The summed E-state index contributed by atoms with van der Waals surface area (Å²) < 4.78 is 22.4. The van der Waals surface area contributed by atoms with E-state index in [2.05, 4.69) is 57.9 Å². The van der Waals surface area contributed by atoms with Crippen molar-refractivity contribution in [2.45, 2.75) is 154 Å². The summed E-state index contributed by atoms with van der Waals surface area (Å²) in [7, 11) is 2.64. The monoisotopic (exact) mass is 916 g/mol. The van der Waals surface area contributed by atoms with Gasteiger partial charge in [-0.15, -0.1) is 0 Å². The number of carbonyl (C=O) groups is 4. The van der Waals surface area contributed by atoms with Crippen LogP contribution in [0.2, 0.25) is 0 Å². The Hall–Kier alpha value is -5.90. The number of aryl methyl sites for hydroxylation is 2. The van der Waals surface area contributed by atoms with Crippen molar-refractivity contribution in [3.05, 3.63) is 65.0 Å². The number of imidazole rings is 2. The molecule has 4 N–H and O–H groups in total. The molecular weight excluding hydrogens is 853 g/mol. The third-order valence-electron chi connectivity index (χ3n) is 15.6. The van der Waals surface area contributed by atoms with Crippen molar-refractivity contribution in [2.75, 3.05) is 14.2 Å². The van der Waals surface area contributed by atoms with Gasteiger partial charge >= 0.3 is 12.2 Å². The Bertz CT molecular complexity index is 2560. The third-order valence-corrected chi connectivity index (χ3v) is 15.6. The van der Waals surface area contributed by atoms with Crippen LogP contribution in [0, 0.1) is 17.8 Å². The highest BCUT2D eigenvalue weighted by Gasteiger charge is 2.50. The second-order valence-corrected chi connectivity index (χ2v) is 20.2.